The summed E-state index contributed by atoms with van der Waals surface area (Å²) in [7, 11) is 0. The molecule has 4 heteroatoms. The molecule has 1 fully saturated rings. The predicted octanol–water partition coefficient (Wildman–Crippen LogP) is 3.00. The van der Waals surface area contributed by atoms with Crippen LogP contribution >= 0.6 is 11.5 Å². The molecule has 0 aliphatic carbocycles. The average molecular weight is 261 g/mol. The number of benzene rings is 1. The number of nitrogens with two attached hydrogens (primary N) is 1. The molecule has 1 atom stereocenters. The van der Waals surface area contributed by atoms with Crippen LogP contribution in [0.3, 0.4) is 0 Å². The Morgan fingerprint density at radius 2 is 2.28 bits per heavy atom. The van der Waals surface area contributed by atoms with Gasteiger partial charge in [-0.25, -0.2) is 0 Å². The molecular weight excluding hydrogens is 242 g/mol. The minimum atomic E-state index is 0.664. The van der Waals surface area contributed by atoms with E-state index in [1.54, 1.807) is 11.5 Å². The van der Waals surface area contributed by atoms with Gasteiger partial charge in [-0.05, 0) is 55.9 Å². The minimum absolute atomic E-state index is 0.664. The number of hydrogen-bond acceptors (Lipinski definition) is 4. The molecule has 1 aliphatic heterocycles. The van der Waals surface area contributed by atoms with Gasteiger partial charge in [0.1, 0.15) is 5.00 Å². The maximum Gasteiger partial charge on any atom is 0.120 e. The van der Waals surface area contributed by atoms with Gasteiger partial charge < -0.3 is 10.6 Å². The third kappa shape index (κ3) is 2.10. The van der Waals surface area contributed by atoms with Gasteiger partial charge in [0.2, 0.25) is 0 Å². The molecule has 0 saturated carbocycles. The lowest BCUT2D eigenvalue weighted by Gasteiger charge is -2.25. The lowest BCUT2D eigenvalue weighted by molar-refractivity contribution is 0.588. The molecule has 2 aromatic rings. The molecule has 96 valence electrons. The Bertz CT molecular complexity index is 522. The zero-order chi connectivity index (χ0) is 12.4. The van der Waals surface area contributed by atoms with Crippen molar-refractivity contribution < 1.29 is 0 Å². The Morgan fingerprint density at radius 3 is 3.17 bits per heavy atom. The Hall–Kier alpha value is -1.13. The van der Waals surface area contributed by atoms with Crippen LogP contribution in [0.4, 0.5) is 5.00 Å². The normalized spacial score (nSPS) is 19.8. The summed E-state index contributed by atoms with van der Waals surface area (Å²) in [6.07, 6.45) is 4.92. The number of hydrogen-bond donors (Lipinski definition) is 1. The van der Waals surface area contributed by atoms with Gasteiger partial charge >= 0.3 is 0 Å². The summed E-state index contributed by atoms with van der Waals surface area (Å²) in [6, 6.07) is 9.11. The molecule has 0 bridgehead atoms. The first kappa shape index (κ1) is 11.9. The zero-order valence-corrected chi connectivity index (χ0v) is 11.3. The summed E-state index contributed by atoms with van der Waals surface area (Å²) in [5.41, 5.74) is 6.76. The van der Waals surface area contributed by atoms with Crippen molar-refractivity contribution in [2.75, 3.05) is 18.0 Å². The van der Waals surface area contributed by atoms with Crippen LogP contribution < -0.4 is 10.6 Å². The van der Waals surface area contributed by atoms with Crippen LogP contribution in [0, 0.1) is 0 Å². The van der Waals surface area contributed by atoms with Gasteiger partial charge in [0.05, 0.1) is 5.52 Å². The molecule has 1 saturated heterocycles. The van der Waals surface area contributed by atoms with Crippen molar-refractivity contribution in [3.05, 3.63) is 24.3 Å². The number of fused-ring (bicyclic) bond motifs is 1. The van der Waals surface area contributed by atoms with Crippen LogP contribution in [0.15, 0.2) is 24.3 Å². The van der Waals surface area contributed by atoms with Crippen molar-refractivity contribution in [1.82, 2.24) is 4.37 Å². The summed E-state index contributed by atoms with van der Waals surface area (Å²) < 4.78 is 4.55. The Kier molecular flexibility index (Phi) is 3.48. The van der Waals surface area contributed by atoms with Gasteiger partial charge in [0.15, 0.2) is 0 Å². The van der Waals surface area contributed by atoms with Crippen molar-refractivity contribution in [2.24, 2.45) is 5.73 Å². The zero-order valence-electron chi connectivity index (χ0n) is 10.5. The van der Waals surface area contributed by atoms with Crippen LogP contribution in [0.2, 0.25) is 0 Å². The highest BCUT2D eigenvalue weighted by Crippen LogP contribution is 2.36. The van der Waals surface area contributed by atoms with E-state index >= 15 is 0 Å². The molecule has 1 aromatic carbocycles. The molecule has 0 radical (unpaired) electrons. The smallest absolute Gasteiger partial charge is 0.120 e. The van der Waals surface area contributed by atoms with Crippen molar-refractivity contribution in [3.8, 4) is 0 Å². The third-order valence-electron chi connectivity index (χ3n) is 3.74. The first-order valence-electron chi connectivity index (χ1n) is 6.71. The number of rotatable bonds is 4. The van der Waals surface area contributed by atoms with Crippen LogP contribution in [0.1, 0.15) is 25.7 Å². The number of anilines is 1. The van der Waals surface area contributed by atoms with Crippen molar-refractivity contribution in [1.29, 1.82) is 0 Å². The molecule has 18 heavy (non-hydrogen) atoms. The van der Waals surface area contributed by atoms with E-state index in [0.717, 1.165) is 18.5 Å². The summed E-state index contributed by atoms with van der Waals surface area (Å²) >= 11 is 1.64. The van der Waals surface area contributed by atoms with Gasteiger partial charge in [-0.15, -0.1) is 0 Å². The molecule has 2 N–H and O–H groups in total. The molecule has 3 nitrogen and oxygen atoms in total. The lowest BCUT2D eigenvalue weighted by atomic mass is 10.1. The van der Waals surface area contributed by atoms with Crippen LogP contribution in [-0.4, -0.2) is 23.5 Å². The van der Waals surface area contributed by atoms with Crippen molar-refractivity contribution >= 4 is 27.4 Å². The summed E-state index contributed by atoms with van der Waals surface area (Å²) in [4.78, 5) is 2.55. The molecule has 2 heterocycles. The maximum atomic E-state index is 5.63. The third-order valence-corrected chi connectivity index (χ3v) is 4.66. The summed E-state index contributed by atoms with van der Waals surface area (Å²) in [5, 5.41) is 2.66. The summed E-state index contributed by atoms with van der Waals surface area (Å²) in [6.45, 7) is 1.97. The monoisotopic (exact) mass is 261 g/mol. The number of aromatic nitrogens is 1. The quantitative estimate of drug-likeness (QED) is 0.920. The van der Waals surface area contributed by atoms with Gasteiger partial charge in [0.25, 0.3) is 0 Å². The standard InChI is InChI=1S/C14H19N3S/c15-9-3-5-11-6-4-10-17(11)14-12-7-1-2-8-13(12)16-18-14/h1-2,7-8,11H,3-6,9-10,15H2. The summed E-state index contributed by atoms with van der Waals surface area (Å²) in [5.74, 6) is 0. The number of nitrogens with zero attached hydrogens (tertiary/aromatic N) is 2. The van der Waals surface area contributed by atoms with E-state index in [1.165, 1.54) is 36.2 Å². The van der Waals surface area contributed by atoms with E-state index in [0.29, 0.717) is 6.04 Å². The first-order valence-corrected chi connectivity index (χ1v) is 7.48. The molecule has 3 rings (SSSR count). The fourth-order valence-electron chi connectivity index (χ4n) is 2.84. The highest BCUT2D eigenvalue weighted by Gasteiger charge is 2.26. The fourth-order valence-corrected chi connectivity index (χ4v) is 3.80. The molecular formula is C14H19N3S. The van der Waals surface area contributed by atoms with Gasteiger partial charge in [0, 0.05) is 18.0 Å². The lowest BCUT2D eigenvalue weighted by Crippen LogP contribution is -2.29. The average Bonchev–Trinajstić information content (AvgIpc) is 3.02. The van der Waals surface area contributed by atoms with Crippen LogP contribution in [0.5, 0.6) is 0 Å². The fraction of sp³-hybridized carbons (Fsp3) is 0.500. The van der Waals surface area contributed by atoms with E-state index in [2.05, 4.69) is 33.5 Å². The van der Waals surface area contributed by atoms with Crippen molar-refractivity contribution in [3.63, 3.8) is 0 Å². The SMILES string of the molecule is NCCCC1CCCN1c1snc2ccccc12. The predicted molar refractivity (Wildman–Crippen MR) is 78.3 cm³/mol. The van der Waals surface area contributed by atoms with E-state index in [-0.39, 0.29) is 0 Å². The van der Waals surface area contributed by atoms with E-state index < -0.39 is 0 Å². The molecule has 0 spiro atoms. The second-order valence-corrected chi connectivity index (χ2v) is 5.68. The van der Waals surface area contributed by atoms with Crippen molar-refractivity contribution in [2.45, 2.75) is 31.7 Å². The largest absolute Gasteiger partial charge is 0.359 e. The topological polar surface area (TPSA) is 42.1 Å². The van der Waals surface area contributed by atoms with E-state index in [4.69, 9.17) is 5.73 Å². The minimum Gasteiger partial charge on any atom is -0.359 e. The van der Waals surface area contributed by atoms with Crippen LogP contribution in [-0.2, 0) is 0 Å². The van der Waals surface area contributed by atoms with Crippen LogP contribution in [0.25, 0.3) is 10.9 Å². The molecule has 1 aromatic heterocycles. The molecule has 1 aliphatic rings. The first-order chi connectivity index (χ1) is 8.90. The highest BCUT2D eigenvalue weighted by atomic mass is 32.1. The molecule has 0 amide bonds. The maximum absolute atomic E-state index is 5.63. The van der Waals surface area contributed by atoms with Gasteiger partial charge in [-0.1, -0.05) is 12.1 Å². The second-order valence-electron chi connectivity index (χ2n) is 4.93. The van der Waals surface area contributed by atoms with Gasteiger partial charge in [-0.2, -0.15) is 4.37 Å². The Morgan fingerprint density at radius 1 is 1.39 bits per heavy atom. The van der Waals surface area contributed by atoms with Gasteiger partial charge in [-0.3, -0.25) is 0 Å². The highest BCUT2D eigenvalue weighted by molar-refractivity contribution is 7.11. The Balaban J connectivity index is 1.88. The van der Waals surface area contributed by atoms with E-state index in [9.17, 15) is 0 Å². The Labute approximate surface area is 112 Å². The molecule has 1 unspecified atom stereocenters. The van der Waals surface area contributed by atoms with E-state index in [1.807, 2.05) is 0 Å². The second kappa shape index (κ2) is 5.24.